The Balaban J connectivity index is 1.70. The highest BCUT2D eigenvalue weighted by atomic mass is 19.1. The Morgan fingerprint density at radius 2 is 1.70 bits per heavy atom. The van der Waals surface area contributed by atoms with Crippen molar-refractivity contribution in [3.05, 3.63) is 59.9 Å². The molecule has 0 amide bonds. The summed E-state index contributed by atoms with van der Waals surface area (Å²) in [5.74, 6) is -0.187. The average Bonchev–Trinajstić information content (AvgIpc) is 3.00. The molecular weight excluding hydrogens is 249 g/mol. The van der Waals surface area contributed by atoms with E-state index in [4.69, 9.17) is 0 Å². The summed E-state index contributed by atoms with van der Waals surface area (Å²) < 4.78 is 13.0. The molecule has 0 spiro atoms. The molecule has 20 heavy (non-hydrogen) atoms. The van der Waals surface area contributed by atoms with Crippen LogP contribution in [0.1, 0.15) is 31.2 Å². The lowest BCUT2D eigenvalue weighted by atomic mass is 10.0. The van der Waals surface area contributed by atoms with Gasteiger partial charge in [0.2, 0.25) is 0 Å². The summed E-state index contributed by atoms with van der Waals surface area (Å²) >= 11 is 0. The molecule has 2 aromatic rings. The Hall–Kier alpha value is -1.67. The zero-order valence-corrected chi connectivity index (χ0v) is 11.6. The van der Waals surface area contributed by atoms with Crippen molar-refractivity contribution < 1.29 is 4.39 Å². The van der Waals surface area contributed by atoms with Crippen molar-refractivity contribution in [2.45, 2.75) is 38.3 Å². The molecule has 2 heteroatoms. The Morgan fingerprint density at radius 1 is 0.950 bits per heavy atom. The van der Waals surface area contributed by atoms with Gasteiger partial charge in [-0.1, -0.05) is 43.2 Å². The second-order valence-corrected chi connectivity index (χ2v) is 5.57. The number of benzene rings is 2. The van der Waals surface area contributed by atoms with Crippen LogP contribution in [-0.2, 0) is 6.54 Å². The zero-order chi connectivity index (χ0) is 13.8. The van der Waals surface area contributed by atoms with Crippen molar-refractivity contribution in [2.75, 3.05) is 0 Å². The highest BCUT2D eigenvalue weighted by molar-refractivity contribution is 5.64. The maximum absolute atomic E-state index is 13.0. The molecule has 104 valence electrons. The molecule has 0 aromatic heterocycles. The van der Waals surface area contributed by atoms with Gasteiger partial charge in [-0.05, 0) is 47.7 Å². The van der Waals surface area contributed by atoms with Crippen molar-refractivity contribution in [3.8, 4) is 11.1 Å². The molecule has 3 rings (SSSR count). The topological polar surface area (TPSA) is 12.0 Å². The standard InChI is InChI=1S/C18H20FN/c19-17-10-8-15(9-11-17)16-5-3-4-14(12-16)13-20-18-6-1-2-7-18/h3-5,8-12,18,20H,1-2,6-7,13H2. The van der Waals surface area contributed by atoms with Crippen LogP contribution in [0.25, 0.3) is 11.1 Å². The van der Waals surface area contributed by atoms with Gasteiger partial charge in [0.1, 0.15) is 5.82 Å². The average molecular weight is 269 g/mol. The van der Waals surface area contributed by atoms with Gasteiger partial charge in [0.05, 0.1) is 0 Å². The van der Waals surface area contributed by atoms with Crippen molar-refractivity contribution in [1.82, 2.24) is 5.32 Å². The molecule has 0 radical (unpaired) electrons. The zero-order valence-electron chi connectivity index (χ0n) is 11.6. The molecule has 0 saturated heterocycles. The fraction of sp³-hybridized carbons (Fsp3) is 0.333. The first-order chi connectivity index (χ1) is 9.81. The van der Waals surface area contributed by atoms with Crippen LogP contribution in [0.2, 0.25) is 0 Å². The second kappa shape index (κ2) is 6.19. The first-order valence-corrected chi connectivity index (χ1v) is 7.39. The van der Waals surface area contributed by atoms with Crippen molar-refractivity contribution >= 4 is 0 Å². The van der Waals surface area contributed by atoms with Gasteiger partial charge in [0.15, 0.2) is 0 Å². The van der Waals surface area contributed by atoms with Crippen LogP contribution in [0.15, 0.2) is 48.5 Å². The van der Waals surface area contributed by atoms with E-state index in [0.717, 1.165) is 17.7 Å². The van der Waals surface area contributed by atoms with Gasteiger partial charge in [-0.2, -0.15) is 0 Å². The third-order valence-electron chi connectivity index (χ3n) is 4.05. The summed E-state index contributed by atoms with van der Waals surface area (Å²) in [7, 11) is 0. The van der Waals surface area contributed by atoms with E-state index in [1.807, 2.05) is 12.1 Å². The van der Waals surface area contributed by atoms with Crippen molar-refractivity contribution in [1.29, 1.82) is 0 Å². The van der Waals surface area contributed by atoms with E-state index in [1.54, 1.807) is 0 Å². The van der Waals surface area contributed by atoms with E-state index >= 15 is 0 Å². The number of halogens is 1. The molecule has 0 aliphatic heterocycles. The third kappa shape index (κ3) is 3.26. The summed E-state index contributed by atoms with van der Waals surface area (Å²) in [4.78, 5) is 0. The summed E-state index contributed by atoms with van der Waals surface area (Å²) in [5.41, 5.74) is 3.50. The molecule has 1 aliphatic rings. The highest BCUT2D eigenvalue weighted by Crippen LogP contribution is 2.22. The molecule has 2 aromatic carbocycles. The van der Waals surface area contributed by atoms with Crippen molar-refractivity contribution in [3.63, 3.8) is 0 Å². The highest BCUT2D eigenvalue weighted by Gasteiger charge is 2.13. The van der Waals surface area contributed by atoms with E-state index in [0.29, 0.717) is 6.04 Å². The molecule has 1 fully saturated rings. The second-order valence-electron chi connectivity index (χ2n) is 5.57. The van der Waals surface area contributed by atoms with Gasteiger partial charge >= 0.3 is 0 Å². The smallest absolute Gasteiger partial charge is 0.123 e. The largest absolute Gasteiger partial charge is 0.310 e. The van der Waals surface area contributed by atoms with Gasteiger partial charge in [-0.25, -0.2) is 4.39 Å². The van der Waals surface area contributed by atoms with Crippen LogP contribution in [0.5, 0.6) is 0 Å². The number of nitrogens with one attached hydrogen (secondary N) is 1. The van der Waals surface area contributed by atoms with Gasteiger partial charge in [0.25, 0.3) is 0 Å². The van der Waals surface area contributed by atoms with Crippen LogP contribution in [0.4, 0.5) is 4.39 Å². The van der Waals surface area contributed by atoms with Gasteiger partial charge in [0, 0.05) is 12.6 Å². The van der Waals surface area contributed by atoms with Crippen LogP contribution in [-0.4, -0.2) is 6.04 Å². The Labute approximate surface area is 119 Å². The minimum atomic E-state index is -0.187. The number of hydrogen-bond donors (Lipinski definition) is 1. The monoisotopic (exact) mass is 269 g/mol. The predicted octanol–water partition coefficient (Wildman–Crippen LogP) is 4.52. The minimum Gasteiger partial charge on any atom is -0.310 e. The van der Waals surface area contributed by atoms with E-state index in [2.05, 4.69) is 29.6 Å². The van der Waals surface area contributed by atoms with E-state index in [9.17, 15) is 4.39 Å². The van der Waals surface area contributed by atoms with Gasteiger partial charge < -0.3 is 5.32 Å². The first-order valence-electron chi connectivity index (χ1n) is 7.39. The molecule has 1 saturated carbocycles. The van der Waals surface area contributed by atoms with E-state index in [1.165, 1.54) is 43.4 Å². The van der Waals surface area contributed by atoms with E-state index < -0.39 is 0 Å². The maximum atomic E-state index is 13.0. The van der Waals surface area contributed by atoms with Crippen LogP contribution >= 0.6 is 0 Å². The Morgan fingerprint density at radius 3 is 2.45 bits per heavy atom. The molecule has 0 heterocycles. The van der Waals surface area contributed by atoms with Gasteiger partial charge in [-0.3, -0.25) is 0 Å². The van der Waals surface area contributed by atoms with Gasteiger partial charge in [-0.15, -0.1) is 0 Å². The van der Waals surface area contributed by atoms with Crippen LogP contribution in [0.3, 0.4) is 0 Å². The molecule has 1 N–H and O–H groups in total. The summed E-state index contributed by atoms with van der Waals surface area (Å²) in [5, 5.41) is 3.63. The summed E-state index contributed by atoms with van der Waals surface area (Å²) in [6.45, 7) is 0.916. The normalized spacial score (nSPS) is 15.7. The lowest BCUT2D eigenvalue weighted by molar-refractivity contribution is 0.524. The molecule has 0 bridgehead atoms. The fourth-order valence-corrected chi connectivity index (χ4v) is 2.90. The number of rotatable bonds is 4. The molecule has 0 unspecified atom stereocenters. The Kier molecular flexibility index (Phi) is 4.12. The predicted molar refractivity (Wildman–Crippen MR) is 80.9 cm³/mol. The molecule has 1 aliphatic carbocycles. The minimum absolute atomic E-state index is 0.187. The molecule has 1 nitrogen and oxygen atoms in total. The number of hydrogen-bond acceptors (Lipinski definition) is 1. The maximum Gasteiger partial charge on any atom is 0.123 e. The van der Waals surface area contributed by atoms with E-state index in [-0.39, 0.29) is 5.82 Å². The fourth-order valence-electron chi connectivity index (χ4n) is 2.90. The summed E-state index contributed by atoms with van der Waals surface area (Å²) in [6, 6.07) is 15.9. The lowest BCUT2D eigenvalue weighted by Gasteiger charge is -2.12. The Bertz CT molecular complexity index is 556. The third-order valence-corrected chi connectivity index (χ3v) is 4.05. The van der Waals surface area contributed by atoms with Crippen molar-refractivity contribution in [2.24, 2.45) is 0 Å². The quantitative estimate of drug-likeness (QED) is 0.860. The van der Waals surface area contributed by atoms with Crippen LogP contribution < -0.4 is 5.32 Å². The lowest BCUT2D eigenvalue weighted by Crippen LogP contribution is -2.25. The molecular formula is C18H20FN. The SMILES string of the molecule is Fc1ccc(-c2cccc(CNC3CCCC3)c2)cc1. The first kappa shape index (κ1) is 13.3. The summed E-state index contributed by atoms with van der Waals surface area (Å²) in [6.07, 6.45) is 5.32. The molecule has 0 atom stereocenters. The van der Waals surface area contributed by atoms with Crippen LogP contribution in [0, 0.1) is 5.82 Å².